The van der Waals surface area contributed by atoms with Crippen LogP contribution in [0.5, 0.6) is 0 Å². The molecule has 0 aliphatic rings. The third-order valence-electron chi connectivity index (χ3n) is 2.24. The van der Waals surface area contributed by atoms with Crippen LogP contribution in [0.1, 0.15) is 40.5 Å². The Kier molecular flexibility index (Phi) is 2.86. The van der Waals surface area contributed by atoms with Gasteiger partial charge in [0.05, 0.1) is 0 Å². The van der Waals surface area contributed by atoms with Crippen molar-refractivity contribution in [3.05, 3.63) is 0 Å². The third kappa shape index (κ3) is 2.27. The van der Waals surface area contributed by atoms with Gasteiger partial charge in [-0.15, -0.1) is 0 Å². The molecule has 62 valence electrons. The highest BCUT2D eigenvalue weighted by atomic mass is 14.9. The number of rotatable bonds is 3. The van der Waals surface area contributed by atoms with E-state index in [1.54, 1.807) is 0 Å². The first-order valence-electron chi connectivity index (χ1n) is 3.89. The Morgan fingerprint density at radius 1 is 1.10 bits per heavy atom. The van der Waals surface area contributed by atoms with Crippen molar-refractivity contribution in [3.63, 3.8) is 0 Å². The van der Waals surface area contributed by atoms with Gasteiger partial charge in [-0.2, -0.15) is 0 Å². The number of hydrogen-bond acceptors (Lipinski definition) is 2. The zero-order valence-electron chi connectivity index (χ0n) is 7.57. The van der Waals surface area contributed by atoms with Crippen LogP contribution in [0.3, 0.4) is 0 Å². The zero-order chi connectivity index (χ0) is 8.41. The van der Waals surface area contributed by atoms with Gasteiger partial charge in [0, 0.05) is 11.1 Å². The van der Waals surface area contributed by atoms with Crippen LogP contribution in [0.4, 0.5) is 0 Å². The SMILES string of the molecule is CCCC(C)(N)C(C)(C)N. The molecule has 0 rings (SSSR count). The van der Waals surface area contributed by atoms with Crippen LogP contribution in [0.15, 0.2) is 0 Å². The summed E-state index contributed by atoms with van der Waals surface area (Å²) >= 11 is 0. The average Bonchev–Trinajstić information content (AvgIpc) is 1.61. The number of nitrogens with two attached hydrogens (primary N) is 2. The van der Waals surface area contributed by atoms with Crippen LogP contribution in [-0.2, 0) is 0 Å². The lowest BCUT2D eigenvalue weighted by Crippen LogP contribution is -2.60. The van der Waals surface area contributed by atoms with Crippen LogP contribution in [0.2, 0.25) is 0 Å². The van der Waals surface area contributed by atoms with Crippen LogP contribution in [-0.4, -0.2) is 11.1 Å². The van der Waals surface area contributed by atoms with Gasteiger partial charge in [0.15, 0.2) is 0 Å². The monoisotopic (exact) mass is 144 g/mol. The minimum absolute atomic E-state index is 0.234. The zero-order valence-corrected chi connectivity index (χ0v) is 7.57. The van der Waals surface area contributed by atoms with Crippen molar-refractivity contribution in [2.75, 3.05) is 0 Å². The number of hydrogen-bond donors (Lipinski definition) is 2. The van der Waals surface area contributed by atoms with Gasteiger partial charge in [-0.25, -0.2) is 0 Å². The van der Waals surface area contributed by atoms with Gasteiger partial charge in [0.2, 0.25) is 0 Å². The summed E-state index contributed by atoms with van der Waals surface area (Å²) in [6, 6.07) is 0. The maximum Gasteiger partial charge on any atom is 0.0302 e. The largest absolute Gasteiger partial charge is 0.324 e. The second-order valence-electron chi connectivity index (χ2n) is 3.89. The molecular formula is C8H20N2. The topological polar surface area (TPSA) is 52.0 Å². The quantitative estimate of drug-likeness (QED) is 0.626. The van der Waals surface area contributed by atoms with Gasteiger partial charge >= 0.3 is 0 Å². The summed E-state index contributed by atoms with van der Waals surface area (Å²) < 4.78 is 0. The molecule has 4 N–H and O–H groups in total. The van der Waals surface area contributed by atoms with Gasteiger partial charge in [-0.1, -0.05) is 13.3 Å². The Morgan fingerprint density at radius 3 is 1.60 bits per heavy atom. The lowest BCUT2D eigenvalue weighted by molar-refractivity contribution is 0.263. The van der Waals surface area contributed by atoms with Gasteiger partial charge < -0.3 is 11.5 Å². The smallest absolute Gasteiger partial charge is 0.0302 e. The lowest BCUT2D eigenvalue weighted by atomic mass is 9.79. The maximum atomic E-state index is 5.98. The highest BCUT2D eigenvalue weighted by molar-refractivity contribution is 4.97. The van der Waals surface area contributed by atoms with Crippen LogP contribution >= 0.6 is 0 Å². The molecule has 1 unspecified atom stereocenters. The molecule has 0 aromatic heterocycles. The summed E-state index contributed by atoms with van der Waals surface area (Å²) in [6.07, 6.45) is 2.07. The summed E-state index contributed by atoms with van der Waals surface area (Å²) in [4.78, 5) is 0. The van der Waals surface area contributed by atoms with E-state index in [0.717, 1.165) is 12.8 Å². The van der Waals surface area contributed by atoms with Crippen molar-refractivity contribution in [1.29, 1.82) is 0 Å². The Labute approximate surface area is 64.0 Å². The highest BCUT2D eigenvalue weighted by Crippen LogP contribution is 2.20. The van der Waals surface area contributed by atoms with Crippen molar-refractivity contribution < 1.29 is 0 Å². The van der Waals surface area contributed by atoms with Crippen molar-refractivity contribution in [1.82, 2.24) is 0 Å². The fraction of sp³-hybridized carbons (Fsp3) is 1.00. The van der Waals surface area contributed by atoms with E-state index in [-0.39, 0.29) is 11.1 Å². The van der Waals surface area contributed by atoms with Gasteiger partial charge in [-0.05, 0) is 27.2 Å². The Bertz CT molecular complexity index is 100. The van der Waals surface area contributed by atoms with Crippen LogP contribution in [0.25, 0.3) is 0 Å². The Hall–Kier alpha value is -0.0800. The molecule has 0 saturated carbocycles. The standard InChI is InChI=1S/C8H20N2/c1-5-6-8(4,10)7(2,3)9/h5-6,9-10H2,1-4H3. The minimum Gasteiger partial charge on any atom is -0.324 e. The molecule has 0 spiro atoms. The normalized spacial score (nSPS) is 18.6. The molecule has 0 aromatic carbocycles. The molecule has 2 heteroatoms. The molecule has 0 aromatic rings. The molecule has 0 aliphatic carbocycles. The molecule has 2 nitrogen and oxygen atoms in total. The molecule has 0 bridgehead atoms. The van der Waals surface area contributed by atoms with E-state index < -0.39 is 0 Å². The summed E-state index contributed by atoms with van der Waals surface area (Å²) in [7, 11) is 0. The Balaban J connectivity index is 4.10. The van der Waals surface area contributed by atoms with E-state index in [0.29, 0.717) is 0 Å². The lowest BCUT2D eigenvalue weighted by Gasteiger charge is -2.38. The van der Waals surface area contributed by atoms with E-state index in [2.05, 4.69) is 6.92 Å². The molecule has 0 aliphatic heterocycles. The first kappa shape index (κ1) is 9.92. The molecule has 0 heterocycles. The fourth-order valence-electron chi connectivity index (χ4n) is 0.842. The molecule has 0 saturated heterocycles. The summed E-state index contributed by atoms with van der Waals surface area (Å²) in [5, 5.41) is 0. The van der Waals surface area contributed by atoms with E-state index in [9.17, 15) is 0 Å². The maximum absolute atomic E-state index is 5.98. The fourth-order valence-corrected chi connectivity index (χ4v) is 0.842. The first-order valence-corrected chi connectivity index (χ1v) is 3.89. The first-order chi connectivity index (χ1) is 4.31. The minimum atomic E-state index is -0.275. The van der Waals surface area contributed by atoms with Crippen molar-refractivity contribution in [2.45, 2.75) is 51.6 Å². The molecular weight excluding hydrogens is 124 g/mol. The van der Waals surface area contributed by atoms with Crippen LogP contribution < -0.4 is 11.5 Å². The highest BCUT2D eigenvalue weighted by Gasteiger charge is 2.32. The van der Waals surface area contributed by atoms with Gasteiger partial charge in [-0.3, -0.25) is 0 Å². The van der Waals surface area contributed by atoms with Gasteiger partial charge in [0.1, 0.15) is 0 Å². The van der Waals surface area contributed by atoms with E-state index >= 15 is 0 Å². The molecule has 0 amide bonds. The second-order valence-corrected chi connectivity index (χ2v) is 3.89. The van der Waals surface area contributed by atoms with E-state index in [1.807, 2.05) is 20.8 Å². The van der Waals surface area contributed by atoms with Crippen molar-refractivity contribution in [3.8, 4) is 0 Å². The van der Waals surface area contributed by atoms with Gasteiger partial charge in [0.25, 0.3) is 0 Å². The summed E-state index contributed by atoms with van der Waals surface area (Å²) in [5.41, 5.74) is 11.3. The van der Waals surface area contributed by atoms with E-state index in [1.165, 1.54) is 0 Å². The Morgan fingerprint density at radius 2 is 1.50 bits per heavy atom. The predicted octanol–water partition coefficient (Wildman–Crippen LogP) is 1.24. The second kappa shape index (κ2) is 2.89. The summed E-state index contributed by atoms with van der Waals surface area (Å²) in [6.45, 7) is 8.08. The molecule has 0 fully saturated rings. The molecule has 10 heavy (non-hydrogen) atoms. The third-order valence-corrected chi connectivity index (χ3v) is 2.24. The van der Waals surface area contributed by atoms with Crippen LogP contribution in [0, 0.1) is 0 Å². The molecule has 0 radical (unpaired) electrons. The van der Waals surface area contributed by atoms with Crippen molar-refractivity contribution in [2.24, 2.45) is 11.5 Å². The average molecular weight is 144 g/mol. The predicted molar refractivity (Wildman–Crippen MR) is 45.8 cm³/mol. The summed E-state index contributed by atoms with van der Waals surface area (Å²) in [5.74, 6) is 0. The molecule has 1 atom stereocenters. The van der Waals surface area contributed by atoms with Crippen molar-refractivity contribution >= 4 is 0 Å². The van der Waals surface area contributed by atoms with E-state index in [4.69, 9.17) is 11.5 Å².